The van der Waals surface area contributed by atoms with Crippen LogP contribution in [0, 0.1) is 0 Å². The third-order valence-electron chi connectivity index (χ3n) is 3.12. The lowest BCUT2D eigenvalue weighted by atomic mass is 10.3. The second kappa shape index (κ2) is 9.00. The van der Waals surface area contributed by atoms with E-state index in [0.29, 0.717) is 22.1 Å². The number of nitrogens with one attached hydrogen (secondary N) is 2. The van der Waals surface area contributed by atoms with Crippen LogP contribution in [0.15, 0.2) is 23.2 Å². The van der Waals surface area contributed by atoms with Crippen LogP contribution in [-0.4, -0.2) is 64.3 Å². The molecule has 1 aromatic carbocycles. The number of guanidine groups is 1. The number of rotatable bonds is 6. The minimum Gasteiger partial charge on any atom is -0.493 e. The molecule has 7 nitrogen and oxygen atoms in total. The van der Waals surface area contributed by atoms with Crippen LogP contribution in [0.25, 0.3) is 0 Å². The Morgan fingerprint density at radius 3 is 2.40 bits per heavy atom. The summed E-state index contributed by atoms with van der Waals surface area (Å²) in [5, 5.41) is 5.57. The number of hydrogen-bond acceptors (Lipinski definition) is 4. The van der Waals surface area contributed by atoms with E-state index >= 15 is 0 Å². The first kappa shape index (κ1) is 20.4. The van der Waals surface area contributed by atoms with Gasteiger partial charge in [0.2, 0.25) is 5.91 Å². The smallest absolute Gasteiger partial charge is 0.406 e. The maximum atomic E-state index is 12.3. The second-order valence-corrected chi connectivity index (χ2v) is 4.99. The molecule has 0 aromatic heterocycles. The van der Waals surface area contributed by atoms with Gasteiger partial charge in [0.05, 0.1) is 20.8 Å². The summed E-state index contributed by atoms with van der Waals surface area (Å²) >= 11 is 0. The summed E-state index contributed by atoms with van der Waals surface area (Å²) in [7, 11) is 5.56. The van der Waals surface area contributed by atoms with E-state index in [1.165, 1.54) is 21.3 Å². The molecule has 1 aromatic rings. The summed E-state index contributed by atoms with van der Waals surface area (Å²) in [6, 6.07) is 5.03. The van der Waals surface area contributed by atoms with Crippen LogP contribution in [0.4, 0.5) is 18.9 Å². The first-order valence-electron chi connectivity index (χ1n) is 7.20. The molecule has 1 amide bonds. The molecule has 0 saturated heterocycles. The van der Waals surface area contributed by atoms with E-state index in [-0.39, 0.29) is 12.5 Å². The van der Waals surface area contributed by atoms with Crippen molar-refractivity contribution in [2.75, 3.05) is 46.7 Å². The van der Waals surface area contributed by atoms with Crippen LogP contribution in [0.2, 0.25) is 0 Å². The molecule has 0 radical (unpaired) electrons. The van der Waals surface area contributed by atoms with Crippen LogP contribution in [-0.2, 0) is 4.79 Å². The molecule has 0 unspecified atom stereocenters. The van der Waals surface area contributed by atoms with Crippen molar-refractivity contribution in [1.82, 2.24) is 10.2 Å². The largest absolute Gasteiger partial charge is 0.493 e. The Hall–Kier alpha value is -2.65. The molecule has 0 fully saturated rings. The van der Waals surface area contributed by atoms with Gasteiger partial charge in [0.1, 0.15) is 6.54 Å². The van der Waals surface area contributed by atoms with Crippen LogP contribution in [0.1, 0.15) is 0 Å². The predicted octanol–water partition coefficient (Wildman–Crippen LogP) is 1.71. The van der Waals surface area contributed by atoms with Crippen molar-refractivity contribution >= 4 is 17.6 Å². The Kier molecular flexibility index (Phi) is 7.34. The van der Waals surface area contributed by atoms with E-state index in [9.17, 15) is 18.0 Å². The zero-order valence-corrected chi connectivity index (χ0v) is 14.4. The van der Waals surface area contributed by atoms with Crippen LogP contribution >= 0.6 is 0 Å². The fraction of sp³-hybridized carbons (Fsp3) is 0.467. The highest BCUT2D eigenvalue weighted by Crippen LogP contribution is 2.29. The van der Waals surface area contributed by atoms with Gasteiger partial charge in [-0.2, -0.15) is 13.2 Å². The lowest BCUT2D eigenvalue weighted by molar-refractivity contribution is -0.157. The Morgan fingerprint density at radius 2 is 1.88 bits per heavy atom. The Balaban J connectivity index is 2.65. The first-order chi connectivity index (χ1) is 11.7. The summed E-state index contributed by atoms with van der Waals surface area (Å²) in [6.45, 7) is -1.64. The SMILES string of the molecule is CN=C(NCC(=O)N(C)CC(F)(F)F)Nc1ccc(OC)c(OC)c1. The standard InChI is InChI=1S/C15H21F3N4O3/c1-19-14(20-8-13(23)22(2)9-15(16,17)18)21-10-5-6-11(24-3)12(7-10)25-4/h5-7H,8-9H2,1-4H3,(H2,19,20,21). The van der Waals surface area contributed by atoms with Gasteiger partial charge in [0.25, 0.3) is 0 Å². The van der Waals surface area contributed by atoms with Gasteiger partial charge in [-0.25, -0.2) is 0 Å². The fourth-order valence-corrected chi connectivity index (χ4v) is 1.88. The quantitative estimate of drug-likeness (QED) is 0.595. The highest BCUT2D eigenvalue weighted by Gasteiger charge is 2.31. The number of anilines is 1. The minimum absolute atomic E-state index is 0.223. The number of hydrogen-bond donors (Lipinski definition) is 2. The average molecular weight is 362 g/mol. The van der Waals surface area contributed by atoms with E-state index in [1.807, 2.05) is 0 Å². The zero-order chi connectivity index (χ0) is 19.0. The lowest BCUT2D eigenvalue weighted by Gasteiger charge is -2.20. The molecule has 0 saturated carbocycles. The molecular weight excluding hydrogens is 341 g/mol. The Bertz CT molecular complexity index is 621. The third kappa shape index (κ3) is 6.77. The van der Waals surface area contributed by atoms with Crippen molar-refractivity contribution in [1.29, 1.82) is 0 Å². The summed E-state index contributed by atoms with van der Waals surface area (Å²) in [5.74, 6) is 0.539. The van der Waals surface area contributed by atoms with Crippen molar-refractivity contribution in [3.05, 3.63) is 18.2 Å². The third-order valence-corrected chi connectivity index (χ3v) is 3.12. The summed E-state index contributed by atoms with van der Waals surface area (Å²) < 4.78 is 47.1. The predicted molar refractivity (Wildman–Crippen MR) is 88.2 cm³/mol. The molecular formula is C15H21F3N4O3. The Morgan fingerprint density at radius 1 is 1.24 bits per heavy atom. The Labute approximate surface area is 143 Å². The van der Waals surface area contributed by atoms with E-state index in [4.69, 9.17) is 9.47 Å². The van der Waals surface area contributed by atoms with Gasteiger partial charge in [0, 0.05) is 25.8 Å². The van der Waals surface area contributed by atoms with Crippen molar-refractivity contribution < 1.29 is 27.4 Å². The minimum atomic E-state index is -4.44. The fourth-order valence-electron chi connectivity index (χ4n) is 1.88. The first-order valence-corrected chi connectivity index (χ1v) is 7.20. The second-order valence-electron chi connectivity index (χ2n) is 4.99. The summed E-state index contributed by atoms with van der Waals surface area (Å²) in [4.78, 5) is 16.2. The molecule has 2 N–H and O–H groups in total. The van der Waals surface area contributed by atoms with E-state index in [0.717, 1.165) is 7.05 Å². The van der Waals surface area contributed by atoms with Gasteiger partial charge >= 0.3 is 6.18 Å². The lowest BCUT2D eigenvalue weighted by Crippen LogP contribution is -2.43. The van der Waals surface area contributed by atoms with Crippen molar-refractivity contribution in [3.63, 3.8) is 0 Å². The molecule has 0 aliphatic rings. The topological polar surface area (TPSA) is 75.2 Å². The van der Waals surface area contributed by atoms with Gasteiger partial charge in [-0.05, 0) is 12.1 Å². The van der Waals surface area contributed by atoms with Crippen LogP contribution in [0.5, 0.6) is 11.5 Å². The monoisotopic (exact) mass is 362 g/mol. The summed E-state index contributed by atoms with van der Waals surface area (Å²) in [5.41, 5.74) is 0.599. The number of nitrogens with zero attached hydrogens (tertiary/aromatic N) is 2. The molecule has 0 heterocycles. The average Bonchev–Trinajstić information content (AvgIpc) is 2.56. The number of ether oxygens (including phenoxy) is 2. The maximum absolute atomic E-state index is 12.3. The van der Waals surface area contributed by atoms with Crippen LogP contribution < -0.4 is 20.1 Å². The number of aliphatic imine (C=N–C) groups is 1. The molecule has 0 aliphatic heterocycles. The highest BCUT2D eigenvalue weighted by molar-refractivity contribution is 5.96. The summed E-state index contributed by atoms with van der Waals surface area (Å²) in [6.07, 6.45) is -4.44. The van der Waals surface area contributed by atoms with Gasteiger partial charge in [-0.15, -0.1) is 0 Å². The molecule has 140 valence electrons. The van der Waals surface area contributed by atoms with E-state index in [1.54, 1.807) is 18.2 Å². The number of halogens is 3. The van der Waals surface area contributed by atoms with Crippen molar-refractivity contribution in [3.8, 4) is 11.5 Å². The number of alkyl halides is 3. The number of methoxy groups -OCH3 is 2. The molecule has 10 heteroatoms. The number of amides is 1. The van der Waals surface area contributed by atoms with E-state index < -0.39 is 18.6 Å². The number of carbonyl (C=O) groups is 1. The van der Waals surface area contributed by atoms with Gasteiger partial charge in [0.15, 0.2) is 17.5 Å². The molecule has 0 aliphatic carbocycles. The number of likely N-dealkylation sites (N-methyl/N-ethyl adjacent to an activating group) is 1. The molecule has 25 heavy (non-hydrogen) atoms. The number of benzene rings is 1. The molecule has 0 bridgehead atoms. The zero-order valence-electron chi connectivity index (χ0n) is 14.4. The highest BCUT2D eigenvalue weighted by atomic mass is 19.4. The molecule has 0 atom stereocenters. The van der Waals surface area contributed by atoms with Crippen LogP contribution in [0.3, 0.4) is 0 Å². The van der Waals surface area contributed by atoms with E-state index in [2.05, 4.69) is 15.6 Å². The van der Waals surface area contributed by atoms with Crippen molar-refractivity contribution in [2.24, 2.45) is 4.99 Å². The maximum Gasteiger partial charge on any atom is 0.406 e. The van der Waals surface area contributed by atoms with Gasteiger partial charge in [-0.3, -0.25) is 9.79 Å². The van der Waals surface area contributed by atoms with Gasteiger partial charge < -0.3 is 25.0 Å². The number of carbonyl (C=O) groups excluding carboxylic acids is 1. The molecule has 1 rings (SSSR count). The van der Waals surface area contributed by atoms with Crippen molar-refractivity contribution in [2.45, 2.75) is 6.18 Å². The van der Waals surface area contributed by atoms with Gasteiger partial charge in [-0.1, -0.05) is 0 Å². The molecule has 0 spiro atoms. The normalized spacial score (nSPS) is 11.7.